The van der Waals surface area contributed by atoms with Gasteiger partial charge in [-0.05, 0) is 42.3 Å². The van der Waals surface area contributed by atoms with Gasteiger partial charge in [-0.2, -0.15) is 0 Å². The summed E-state index contributed by atoms with van der Waals surface area (Å²) >= 11 is 0. The van der Waals surface area contributed by atoms with Crippen LogP contribution in [0.1, 0.15) is 18.9 Å². The second-order valence-corrected chi connectivity index (χ2v) is 5.90. The van der Waals surface area contributed by atoms with Gasteiger partial charge >= 0.3 is 0 Å². The summed E-state index contributed by atoms with van der Waals surface area (Å²) in [6.45, 7) is 1.83. The highest BCUT2D eigenvalue weighted by Crippen LogP contribution is 2.17. The van der Waals surface area contributed by atoms with Crippen LogP contribution in [0.2, 0.25) is 0 Å². The number of nitrogens with one attached hydrogen (secondary N) is 3. The van der Waals surface area contributed by atoms with Crippen molar-refractivity contribution in [1.29, 1.82) is 0 Å². The number of benzene rings is 2. The van der Waals surface area contributed by atoms with Crippen molar-refractivity contribution in [3.05, 3.63) is 54.1 Å². The second-order valence-electron chi connectivity index (χ2n) is 5.90. The summed E-state index contributed by atoms with van der Waals surface area (Å²) in [6.07, 6.45) is 0.349. The molecule has 0 spiro atoms. The van der Waals surface area contributed by atoms with Crippen LogP contribution in [0.5, 0.6) is 5.75 Å². The van der Waals surface area contributed by atoms with Gasteiger partial charge in [-0.15, -0.1) is 0 Å². The van der Waals surface area contributed by atoms with E-state index in [0.717, 1.165) is 11.3 Å². The van der Waals surface area contributed by atoms with Crippen LogP contribution in [0, 0.1) is 0 Å². The van der Waals surface area contributed by atoms with E-state index in [-0.39, 0.29) is 18.2 Å². The van der Waals surface area contributed by atoms with Gasteiger partial charge < -0.3 is 20.7 Å². The number of anilines is 2. The molecular formula is C20H23N3O4. The highest BCUT2D eigenvalue weighted by molar-refractivity contribution is 6.03. The van der Waals surface area contributed by atoms with Crippen molar-refractivity contribution in [3.63, 3.8) is 0 Å². The molecule has 0 atom stereocenters. The quantitative estimate of drug-likeness (QED) is 0.622. The molecule has 0 saturated carbocycles. The van der Waals surface area contributed by atoms with Gasteiger partial charge in [0.2, 0.25) is 17.7 Å². The molecule has 0 aromatic heterocycles. The van der Waals surface area contributed by atoms with Crippen molar-refractivity contribution >= 4 is 29.1 Å². The van der Waals surface area contributed by atoms with E-state index in [1.807, 2.05) is 24.3 Å². The molecule has 7 heteroatoms. The summed E-state index contributed by atoms with van der Waals surface area (Å²) in [5.41, 5.74) is 2.18. The normalized spacial score (nSPS) is 10.0. The molecule has 7 nitrogen and oxygen atoms in total. The number of rotatable bonds is 8. The fourth-order valence-electron chi connectivity index (χ4n) is 2.50. The minimum absolute atomic E-state index is 0.170. The maximum Gasteiger partial charge on any atom is 0.233 e. The number of carbonyl (C=O) groups is 3. The molecule has 0 aliphatic carbocycles. The van der Waals surface area contributed by atoms with Crippen LogP contribution in [-0.4, -0.2) is 31.4 Å². The molecule has 0 radical (unpaired) electrons. The van der Waals surface area contributed by atoms with E-state index in [0.29, 0.717) is 24.3 Å². The number of hydrogen-bond acceptors (Lipinski definition) is 4. The monoisotopic (exact) mass is 369 g/mol. The van der Waals surface area contributed by atoms with Crippen molar-refractivity contribution < 1.29 is 19.1 Å². The van der Waals surface area contributed by atoms with Crippen molar-refractivity contribution in [2.75, 3.05) is 24.3 Å². The first-order chi connectivity index (χ1) is 13.0. The van der Waals surface area contributed by atoms with Crippen LogP contribution < -0.4 is 20.7 Å². The Hall–Kier alpha value is -3.35. The van der Waals surface area contributed by atoms with Gasteiger partial charge in [-0.1, -0.05) is 18.2 Å². The molecule has 27 heavy (non-hydrogen) atoms. The number of hydrogen-bond donors (Lipinski definition) is 3. The standard InChI is InChI=1S/C20H23N3O4/c1-14(24)22-16-7-9-17(10-8-16)23-20(26)13-19(25)21-12-11-15-5-3-4-6-18(15)27-2/h3-10H,11-13H2,1-2H3,(H,21,25)(H,22,24)(H,23,26). The molecule has 2 rings (SSSR count). The lowest BCUT2D eigenvalue weighted by atomic mass is 10.1. The minimum atomic E-state index is -0.405. The Morgan fingerprint density at radius 2 is 1.52 bits per heavy atom. The maximum absolute atomic E-state index is 12.0. The van der Waals surface area contributed by atoms with E-state index in [9.17, 15) is 14.4 Å². The predicted octanol–water partition coefficient (Wildman–Crippen LogP) is 2.34. The molecule has 0 bridgehead atoms. The lowest BCUT2D eigenvalue weighted by molar-refractivity contribution is -0.126. The van der Waals surface area contributed by atoms with Crippen molar-refractivity contribution in [2.45, 2.75) is 19.8 Å². The summed E-state index contributed by atoms with van der Waals surface area (Å²) in [5, 5.41) is 8.01. The predicted molar refractivity (Wildman–Crippen MR) is 104 cm³/mol. The third-order valence-electron chi connectivity index (χ3n) is 3.72. The summed E-state index contributed by atoms with van der Waals surface area (Å²) in [7, 11) is 1.60. The zero-order chi connectivity index (χ0) is 19.6. The van der Waals surface area contributed by atoms with Gasteiger partial charge in [0.1, 0.15) is 12.2 Å². The molecule has 3 amide bonds. The van der Waals surface area contributed by atoms with Crippen molar-refractivity contribution in [3.8, 4) is 5.75 Å². The highest BCUT2D eigenvalue weighted by atomic mass is 16.5. The van der Waals surface area contributed by atoms with Gasteiger partial charge in [-0.25, -0.2) is 0 Å². The molecule has 0 aliphatic rings. The Balaban J connectivity index is 1.75. The van der Waals surface area contributed by atoms with E-state index < -0.39 is 5.91 Å². The van der Waals surface area contributed by atoms with Crippen molar-refractivity contribution in [2.24, 2.45) is 0 Å². The molecular weight excluding hydrogens is 346 g/mol. The topological polar surface area (TPSA) is 96.5 Å². The molecule has 142 valence electrons. The Morgan fingerprint density at radius 1 is 0.889 bits per heavy atom. The van der Waals surface area contributed by atoms with Crippen LogP contribution in [-0.2, 0) is 20.8 Å². The number of ether oxygens (including phenoxy) is 1. The Bertz CT molecular complexity index is 803. The average molecular weight is 369 g/mol. The molecule has 3 N–H and O–H groups in total. The van der Waals surface area contributed by atoms with Crippen LogP contribution >= 0.6 is 0 Å². The summed E-state index contributed by atoms with van der Waals surface area (Å²) in [5.74, 6) is -0.155. The number of methoxy groups -OCH3 is 1. The van der Waals surface area contributed by atoms with Gasteiger partial charge in [0.25, 0.3) is 0 Å². The lowest BCUT2D eigenvalue weighted by Gasteiger charge is -2.09. The van der Waals surface area contributed by atoms with Gasteiger partial charge in [0, 0.05) is 24.8 Å². The van der Waals surface area contributed by atoms with Gasteiger partial charge in [0.05, 0.1) is 7.11 Å². The SMILES string of the molecule is COc1ccccc1CCNC(=O)CC(=O)Nc1ccc(NC(C)=O)cc1. The fraction of sp³-hybridized carbons (Fsp3) is 0.250. The summed E-state index contributed by atoms with van der Waals surface area (Å²) in [6, 6.07) is 14.2. The number of amides is 3. The zero-order valence-electron chi connectivity index (χ0n) is 15.4. The third-order valence-corrected chi connectivity index (χ3v) is 3.72. The molecule has 0 saturated heterocycles. The van der Waals surface area contributed by atoms with E-state index in [2.05, 4.69) is 16.0 Å². The van der Waals surface area contributed by atoms with Gasteiger partial charge in [-0.3, -0.25) is 14.4 Å². The zero-order valence-corrected chi connectivity index (χ0v) is 15.4. The molecule has 2 aromatic rings. The minimum Gasteiger partial charge on any atom is -0.496 e. The lowest BCUT2D eigenvalue weighted by Crippen LogP contribution is -2.29. The Morgan fingerprint density at radius 3 is 2.15 bits per heavy atom. The van der Waals surface area contributed by atoms with Crippen LogP contribution in [0.3, 0.4) is 0 Å². The van der Waals surface area contributed by atoms with E-state index in [1.165, 1.54) is 6.92 Å². The van der Waals surface area contributed by atoms with E-state index in [1.54, 1.807) is 31.4 Å². The molecule has 0 fully saturated rings. The Labute approximate surface area is 158 Å². The van der Waals surface area contributed by atoms with Gasteiger partial charge in [0.15, 0.2) is 0 Å². The van der Waals surface area contributed by atoms with E-state index >= 15 is 0 Å². The molecule has 0 unspecified atom stereocenters. The van der Waals surface area contributed by atoms with Crippen LogP contribution in [0.25, 0.3) is 0 Å². The third kappa shape index (κ3) is 6.81. The average Bonchev–Trinajstić information content (AvgIpc) is 2.63. The molecule has 0 heterocycles. The van der Waals surface area contributed by atoms with E-state index in [4.69, 9.17) is 4.74 Å². The molecule has 0 aliphatic heterocycles. The first kappa shape index (κ1) is 20.0. The van der Waals surface area contributed by atoms with Crippen LogP contribution in [0.15, 0.2) is 48.5 Å². The number of carbonyl (C=O) groups excluding carboxylic acids is 3. The molecule has 2 aromatic carbocycles. The smallest absolute Gasteiger partial charge is 0.233 e. The number of para-hydroxylation sites is 1. The van der Waals surface area contributed by atoms with Crippen LogP contribution in [0.4, 0.5) is 11.4 Å². The summed E-state index contributed by atoms with van der Waals surface area (Å²) < 4.78 is 5.26. The largest absolute Gasteiger partial charge is 0.496 e. The summed E-state index contributed by atoms with van der Waals surface area (Å²) in [4.78, 5) is 34.8. The first-order valence-electron chi connectivity index (χ1n) is 8.54. The van der Waals surface area contributed by atoms with Crippen molar-refractivity contribution in [1.82, 2.24) is 5.32 Å². The second kappa shape index (κ2) is 9.96. The Kier molecular flexibility index (Phi) is 7.37. The highest BCUT2D eigenvalue weighted by Gasteiger charge is 2.10. The first-order valence-corrected chi connectivity index (χ1v) is 8.54. The maximum atomic E-state index is 12.0. The fourth-order valence-corrected chi connectivity index (χ4v) is 2.50.